The zero-order valence-electron chi connectivity index (χ0n) is 12.7. The molecule has 116 valence electrons. The van der Waals surface area contributed by atoms with Gasteiger partial charge in [-0.25, -0.2) is 0 Å². The van der Waals surface area contributed by atoms with Gasteiger partial charge in [0, 0.05) is 13.1 Å². The summed E-state index contributed by atoms with van der Waals surface area (Å²) in [5, 5.41) is 8.15. The number of amides is 1. The van der Waals surface area contributed by atoms with Crippen LogP contribution in [0.1, 0.15) is 17.2 Å². The molecule has 0 saturated carbocycles. The molecule has 0 unspecified atom stereocenters. The fourth-order valence-electron chi connectivity index (χ4n) is 2.60. The molecular formula is C16H20N4O2. The average Bonchev–Trinajstić information content (AvgIpc) is 2.93. The maximum absolute atomic E-state index is 12.2. The van der Waals surface area contributed by atoms with Crippen molar-refractivity contribution in [2.75, 3.05) is 19.8 Å². The Morgan fingerprint density at radius 3 is 2.86 bits per heavy atom. The number of hydrogen-bond donors (Lipinski definition) is 0. The van der Waals surface area contributed by atoms with E-state index < -0.39 is 0 Å². The van der Waals surface area contributed by atoms with Gasteiger partial charge in [0.05, 0.1) is 13.2 Å². The first-order valence-electron chi connectivity index (χ1n) is 7.52. The molecule has 0 atom stereocenters. The molecule has 1 aromatic carbocycles. The molecule has 0 spiro atoms. The molecule has 1 aliphatic heterocycles. The first kappa shape index (κ1) is 14.7. The number of aryl methyl sites for hydroxylation is 1. The predicted octanol–water partition coefficient (Wildman–Crippen LogP) is 1.19. The van der Waals surface area contributed by atoms with E-state index in [4.69, 9.17) is 4.74 Å². The Morgan fingerprint density at radius 1 is 1.23 bits per heavy atom. The lowest BCUT2D eigenvalue weighted by Crippen LogP contribution is -2.40. The zero-order valence-corrected chi connectivity index (χ0v) is 12.7. The first-order valence-corrected chi connectivity index (χ1v) is 7.52. The second-order valence-corrected chi connectivity index (χ2v) is 5.42. The first-order chi connectivity index (χ1) is 10.7. The predicted molar refractivity (Wildman–Crippen MR) is 81.1 cm³/mol. The molecule has 0 bridgehead atoms. The van der Waals surface area contributed by atoms with Crippen molar-refractivity contribution in [2.24, 2.45) is 0 Å². The van der Waals surface area contributed by atoms with Crippen LogP contribution >= 0.6 is 0 Å². The van der Waals surface area contributed by atoms with Crippen molar-refractivity contribution in [1.29, 1.82) is 0 Å². The second kappa shape index (κ2) is 6.70. The molecule has 2 aromatic rings. The van der Waals surface area contributed by atoms with Crippen LogP contribution < -0.4 is 0 Å². The van der Waals surface area contributed by atoms with E-state index in [1.807, 2.05) is 25.1 Å². The molecule has 0 fully saturated rings. The number of carbonyl (C=O) groups excluding carboxylic acids is 1. The number of hydrogen-bond acceptors (Lipinski definition) is 4. The number of fused-ring (bicyclic) bond motifs is 1. The summed E-state index contributed by atoms with van der Waals surface area (Å²) >= 11 is 0. The van der Waals surface area contributed by atoms with Crippen LogP contribution in [0.5, 0.6) is 0 Å². The van der Waals surface area contributed by atoms with Crippen molar-refractivity contribution in [1.82, 2.24) is 19.7 Å². The summed E-state index contributed by atoms with van der Waals surface area (Å²) in [7, 11) is 0. The summed E-state index contributed by atoms with van der Waals surface area (Å²) in [6, 6.07) is 10.1. The molecule has 0 N–H and O–H groups in total. The third-order valence-electron chi connectivity index (χ3n) is 3.89. The molecule has 6 heteroatoms. The molecule has 22 heavy (non-hydrogen) atoms. The van der Waals surface area contributed by atoms with Gasteiger partial charge in [-0.3, -0.25) is 4.79 Å². The lowest BCUT2D eigenvalue weighted by Gasteiger charge is -2.27. The molecule has 0 radical (unpaired) electrons. The van der Waals surface area contributed by atoms with Gasteiger partial charge in [0.25, 0.3) is 0 Å². The van der Waals surface area contributed by atoms with E-state index in [2.05, 4.69) is 26.9 Å². The van der Waals surface area contributed by atoms with Gasteiger partial charge in [-0.05, 0) is 18.9 Å². The average molecular weight is 300 g/mol. The van der Waals surface area contributed by atoms with Crippen LogP contribution in [0, 0.1) is 6.92 Å². The SMILES string of the molecule is Cc1nnc2n1CCN(C(=O)COCCc1ccccc1)C2. The molecule has 0 saturated heterocycles. The van der Waals surface area contributed by atoms with E-state index in [1.54, 1.807) is 4.90 Å². The second-order valence-electron chi connectivity index (χ2n) is 5.42. The van der Waals surface area contributed by atoms with Gasteiger partial charge in [0.15, 0.2) is 5.82 Å². The highest BCUT2D eigenvalue weighted by Crippen LogP contribution is 2.12. The van der Waals surface area contributed by atoms with Gasteiger partial charge in [0.2, 0.25) is 5.91 Å². The fourth-order valence-corrected chi connectivity index (χ4v) is 2.60. The minimum absolute atomic E-state index is 0.0139. The number of aromatic nitrogens is 3. The molecule has 3 rings (SSSR count). The summed E-state index contributed by atoms with van der Waals surface area (Å²) in [5.74, 6) is 1.77. The van der Waals surface area contributed by atoms with Crippen LogP contribution in [0.3, 0.4) is 0 Å². The molecule has 1 amide bonds. The van der Waals surface area contributed by atoms with Gasteiger partial charge < -0.3 is 14.2 Å². The number of benzene rings is 1. The highest BCUT2D eigenvalue weighted by Gasteiger charge is 2.23. The Morgan fingerprint density at radius 2 is 2.05 bits per heavy atom. The van der Waals surface area contributed by atoms with Crippen molar-refractivity contribution >= 4 is 5.91 Å². The van der Waals surface area contributed by atoms with Gasteiger partial charge in [-0.15, -0.1) is 10.2 Å². The highest BCUT2D eigenvalue weighted by atomic mass is 16.5. The number of carbonyl (C=O) groups is 1. The van der Waals surface area contributed by atoms with E-state index >= 15 is 0 Å². The highest BCUT2D eigenvalue weighted by molar-refractivity contribution is 5.77. The molecule has 0 aliphatic carbocycles. The van der Waals surface area contributed by atoms with Crippen LogP contribution in [-0.2, 0) is 29.0 Å². The van der Waals surface area contributed by atoms with E-state index in [1.165, 1.54) is 5.56 Å². The van der Waals surface area contributed by atoms with Crippen LogP contribution in [0.15, 0.2) is 30.3 Å². The van der Waals surface area contributed by atoms with Crippen LogP contribution in [0.4, 0.5) is 0 Å². The van der Waals surface area contributed by atoms with Crippen molar-refractivity contribution in [3.63, 3.8) is 0 Å². The van der Waals surface area contributed by atoms with E-state index in [9.17, 15) is 4.79 Å². The Hall–Kier alpha value is -2.21. The molecular weight excluding hydrogens is 280 g/mol. The Bertz CT molecular complexity index is 639. The maximum Gasteiger partial charge on any atom is 0.249 e. The lowest BCUT2D eigenvalue weighted by atomic mass is 10.2. The van der Waals surface area contributed by atoms with E-state index in [-0.39, 0.29) is 12.5 Å². The standard InChI is InChI=1S/C16H20N4O2/c1-13-17-18-15-11-19(8-9-20(13)15)16(21)12-22-10-7-14-5-3-2-4-6-14/h2-6H,7-12H2,1H3. The minimum atomic E-state index is 0.0139. The zero-order chi connectivity index (χ0) is 15.4. The summed E-state index contributed by atoms with van der Waals surface area (Å²) < 4.78 is 7.57. The number of ether oxygens (including phenoxy) is 1. The molecule has 1 aromatic heterocycles. The Balaban J connectivity index is 1.43. The summed E-state index contributed by atoms with van der Waals surface area (Å²) in [5.41, 5.74) is 1.22. The van der Waals surface area contributed by atoms with Crippen molar-refractivity contribution in [3.05, 3.63) is 47.5 Å². The van der Waals surface area contributed by atoms with E-state index in [0.29, 0.717) is 19.7 Å². The third kappa shape index (κ3) is 3.33. The lowest BCUT2D eigenvalue weighted by molar-refractivity contribution is -0.137. The van der Waals surface area contributed by atoms with Gasteiger partial charge in [-0.2, -0.15) is 0 Å². The van der Waals surface area contributed by atoms with Gasteiger partial charge in [-0.1, -0.05) is 30.3 Å². The summed E-state index contributed by atoms with van der Waals surface area (Å²) in [4.78, 5) is 14.0. The van der Waals surface area contributed by atoms with Crippen molar-refractivity contribution < 1.29 is 9.53 Å². The summed E-state index contributed by atoms with van der Waals surface area (Å²) in [6.07, 6.45) is 0.821. The maximum atomic E-state index is 12.2. The minimum Gasteiger partial charge on any atom is -0.371 e. The smallest absolute Gasteiger partial charge is 0.249 e. The van der Waals surface area contributed by atoms with Crippen molar-refractivity contribution in [2.45, 2.75) is 26.4 Å². The largest absolute Gasteiger partial charge is 0.371 e. The molecule has 6 nitrogen and oxygen atoms in total. The Labute approximate surface area is 129 Å². The normalized spacial score (nSPS) is 14.0. The topological polar surface area (TPSA) is 60.2 Å². The molecule has 1 aliphatic rings. The van der Waals surface area contributed by atoms with Crippen LogP contribution in [0.2, 0.25) is 0 Å². The molecule has 2 heterocycles. The Kier molecular flexibility index (Phi) is 4.48. The monoisotopic (exact) mass is 300 g/mol. The third-order valence-corrected chi connectivity index (χ3v) is 3.89. The number of rotatable bonds is 5. The number of nitrogens with zero attached hydrogens (tertiary/aromatic N) is 4. The van der Waals surface area contributed by atoms with Crippen LogP contribution in [-0.4, -0.2) is 45.3 Å². The van der Waals surface area contributed by atoms with E-state index in [0.717, 1.165) is 24.6 Å². The van der Waals surface area contributed by atoms with Crippen LogP contribution in [0.25, 0.3) is 0 Å². The van der Waals surface area contributed by atoms with Crippen molar-refractivity contribution in [3.8, 4) is 0 Å². The summed E-state index contributed by atoms with van der Waals surface area (Å²) in [6.45, 7) is 4.57. The van der Waals surface area contributed by atoms with Gasteiger partial charge >= 0.3 is 0 Å². The van der Waals surface area contributed by atoms with Gasteiger partial charge in [0.1, 0.15) is 12.4 Å². The quantitative estimate of drug-likeness (QED) is 0.778. The fraction of sp³-hybridized carbons (Fsp3) is 0.438.